The van der Waals surface area contributed by atoms with Crippen molar-refractivity contribution in [3.05, 3.63) is 54.1 Å². The summed E-state index contributed by atoms with van der Waals surface area (Å²) in [7, 11) is 1.56. The molecule has 1 N–H and O–H groups in total. The van der Waals surface area contributed by atoms with Crippen LogP contribution in [0.5, 0.6) is 11.5 Å². The van der Waals surface area contributed by atoms with E-state index in [9.17, 15) is 4.79 Å². The molecule has 1 aromatic heterocycles. The minimum atomic E-state index is -0.256. The fourth-order valence-corrected chi connectivity index (χ4v) is 2.93. The van der Waals surface area contributed by atoms with Crippen molar-refractivity contribution in [3.8, 4) is 22.1 Å². The lowest BCUT2D eigenvalue weighted by atomic mass is 10.2. The predicted octanol–water partition coefficient (Wildman–Crippen LogP) is 3.86. The van der Waals surface area contributed by atoms with Gasteiger partial charge in [-0.1, -0.05) is 17.4 Å². The summed E-state index contributed by atoms with van der Waals surface area (Å²) in [5.41, 5.74) is 1.42. The summed E-state index contributed by atoms with van der Waals surface area (Å²) in [6.07, 6.45) is 0. The van der Waals surface area contributed by atoms with E-state index in [1.165, 1.54) is 11.3 Å². The van der Waals surface area contributed by atoms with Crippen molar-refractivity contribution in [2.75, 3.05) is 19.0 Å². The second kappa shape index (κ2) is 7.76. The number of benzene rings is 2. The summed E-state index contributed by atoms with van der Waals surface area (Å²) in [5, 5.41) is 12.1. The SMILES string of the molecule is CCOc1ccc(-c2nnc(NC(=O)c3cccc(OC)c3)s2)cc1. The third kappa shape index (κ3) is 4.13. The molecular weight excluding hydrogens is 338 g/mol. The van der Waals surface area contributed by atoms with E-state index in [4.69, 9.17) is 9.47 Å². The van der Waals surface area contributed by atoms with E-state index in [0.29, 0.717) is 23.1 Å². The summed E-state index contributed by atoms with van der Waals surface area (Å²) >= 11 is 1.31. The van der Waals surface area contributed by atoms with Crippen molar-refractivity contribution in [3.63, 3.8) is 0 Å². The third-order valence-electron chi connectivity index (χ3n) is 3.39. The Balaban J connectivity index is 1.71. The Morgan fingerprint density at radius 3 is 2.64 bits per heavy atom. The molecule has 128 valence electrons. The molecule has 0 bridgehead atoms. The Bertz CT molecular complexity index is 862. The van der Waals surface area contributed by atoms with Gasteiger partial charge >= 0.3 is 0 Å². The van der Waals surface area contributed by atoms with Gasteiger partial charge in [0.2, 0.25) is 5.13 Å². The first-order chi connectivity index (χ1) is 12.2. The fourth-order valence-electron chi connectivity index (χ4n) is 2.18. The van der Waals surface area contributed by atoms with Gasteiger partial charge in [0, 0.05) is 11.1 Å². The number of carbonyl (C=O) groups excluding carboxylic acids is 1. The number of nitrogens with one attached hydrogen (secondary N) is 1. The highest BCUT2D eigenvalue weighted by atomic mass is 32.1. The maximum atomic E-state index is 12.3. The van der Waals surface area contributed by atoms with Crippen LogP contribution in [0.15, 0.2) is 48.5 Å². The van der Waals surface area contributed by atoms with Gasteiger partial charge < -0.3 is 9.47 Å². The molecule has 0 saturated heterocycles. The second-order valence-electron chi connectivity index (χ2n) is 5.06. The zero-order valence-corrected chi connectivity index (χ0v) is 14.7. The van der Waals surface area contributed by atoms with Gasteiger partial charge in [-0.25, -0.2) is 0 Å². The van der Waals surface area contributed by atoms with Crippen LogP contribution in [-0.4, -0.2) is 29.8 Å². The Labute approximate surface area is 149 Å². The molecule has 0 aliphatic rings. The highest BCUT2D eigenvalue weighted by Gasteiger charge is 2.12. The van der Waals surface area contributed by atoms with Crippen molar-refractivity contribution in [1.82, 2.24) is 10.2 Å². The van der Waals surface area contributed by atoms with Crippen molar-refractivity contribution in [2.45, 2.75) is 6.92 Å². The molecular formula is C18H17N3O3S. The third-order valence-corrected chi connectivity index (χ3v) is 4.28. The van der Waals surface area contributed by atoms with Gasteiger partial charge in [-0.05, 0) is 49.4 Å². The van der Waals surface area contributed by atoms with Gasteiger partial charge in [-0.3, -0.25) is 10.1 Å². The predicted molar refractivity (Wildman–Crippen MR) is 97.5 cm³/mol. The van der Waals surface area contributed by atoms with Gasteiger partial charge in [0.15, 0.2) is 0 Å². The van der Waals surface area contributed by atoms with E-state index < -0.39 is 0 Å². The molecule has 0 unspecified atom stereocenters. The van der Waals surface area contributed by atoms with Gasteiger partial charge in [0.25, 0.3) is 5.91 Å². The molecule has 0 saturated carbocycles. The van der Waals surface area contributed by atoms with Gasteiger partial charge in [-0.2, -0.15) is 0 Å². The number of hydrogen-bond acceptors (Lipinski definition) is 6. The Morgan fingerprint density at radius 1 is 1.12 bits per heavy atom. The van der Waals surface area contributed by atoms with Gasteiger partial charge in [0.1, 0.15) is 16.5 Å². The highest BCUT2D eigenvalue weighted by Crippen LogP contribution is 2.28. The number of hydrogen-bond donors (Lipinski definition) is 1. The standard InChI is InChI=1S/C18H17N3O3S/c1-3-24-14-9-7-12(8-10-14)17-20-21-18(25-17)19-16(22)13-5-4-6-15(11-13)23-2/h4-11H,3H2,1-2H3,(H,19,21,22). The molecule has 6 nitrogen and oxygen atoms in total. The maximum absolute atomic E-state index is 12.3. The monoisotopic (exact) mass is 355 g/mol. The minimum Gasteiger partial charge on any atom is -0.497 e. The van der Waals surface area contributed by atoms with E-state index >= 15 is 0 Å². The molecule has 25 heavy (non-hydrogen) atoms. The Morgan fingerprint density at radius 2 is 1.92 bits per heavy atom. The van der Waals surface area contributed by atoms with Gasteiger partial charge in [0.05, 0.1) is 13.7 Å². The van der Waals surface area contributed by atoms with Crippen molar-refractivity contribution in [1.29, 1.82) is 0 Å². The summed E-state index contributed by atoms with van der Waals surface area (Å²) in [4.78, 5) is 12.3. The molecule has 1 amide bonds. The second-order valence-corrected chi connectivity index (χ2v) is 6.03. The molecule has 0 fully saturated rings. The van der Waals surface area contributed by atoms with Crippen LogP contribution in [0.4, 0.5) is 5.13 Å². The number of carbonyl (C=O) groups is 1. The molecule has 2 aromatic carbocycles. The average molecular weight is 355 g/mol. The van der Waals surface area contributed by atoms with Crippen LogP contribution in [-0.2, 0) is 0 Å². The van der Waals surface area contributed by atoms with Crippen LogP contribution < -0.4 is 14.8 Å². The smallest absolute Gasteiger partial charge is 0.257 e. The summed E-state index contributed by atoms with van der Waals surface area (Å²) < 4.78 is 10.6. The van der Waals surface area contributed by atoms with E-state index in [-0.39, 0.29) is 5.91 Å². The zero-order chi connectivity index (χ0) is 17.6. The number of aromatic nitrogens is 2. The number of nitrogens with zero attached hydrogens (tertiary/aromatic N) is 2. The number of methoxy groups -OCH3 is 1. The minimum absolute atomic E-state index is 0.256. The van der Waals surface area contributed by atoms with Gasteiger partial charge in [-0.15, -0.1) is 10.2 Å². The first-order valence-corrected chi connectivity index (χ1v) is 8.53. The van der Waals surface area contributed by atoms with Crippen molar-refractivity contribution in [2.24, 2.45) is 0 Å². The molecule has 0 spiro atoms. The lowest BCUT2D eigenvalue weighted by molar-refractivity contribution is 0.102. The van der Waals surface area contributed by atoms with Crippen LogP contribution in [0.3, 0.4) is 0 Å². The molecule has 1 heterocycles. The van der Waals surface area contributed by atoms with Crippen LogP contribution in [0.25, 0.3) is 10.6 Å². The largest absolute Gasteiger partial charge is 0.497 e. The molecule has 3 aromatic rings. The number of ether oxygens (including phenoxy) is 2. The first kappa shape index (κ1) is 16.9. The Hall–Kier alpha value is -2.93. The van der Waals surface area contributed by atoms with Crippen LogP contribution in [0.1, 0.15) is 17.3 Å². The quantitative estimate of drug-likeness (QED) is 0.727. The molecule has 7 heteroatoms. The van der Waals surface area contributed by atoms with E-state index in [1.54, 1.807) is 31.4 Å². The van der Waals surface area contributed by atoms with E-state index in [1.807, 2.05) is 31.2 Å². The maximum Gasteiger partial charge on any atom is 0.257 e. The molecule has 0 aliphatic heterocycles. The normalized spacial score (nSPS) is 10.3. The molecule has 3 rings (SSSR count). The van der Waals surface area contributed by atoms with Crippen molar-refractivity contribution < 1.29 is 14.3 Å². The first-order valence-electron chi connectivity index (χ1n) is 7.71. The molecule has 0 atom stereocenters. The van der Waals surface area contributed by atoms with E-state index in [0.717, 1.165) is 16.3 Å². The number of rotatable bonds is 6. The lowest BCUT2D eigenvalue weighted by Gasteiger charge is -2.03. The molecule has 0 radical (unpaired) electrons. The zero-order valence-electron chi connectivity index (χ0n) is 13.9. The fraction of sp³-hybridized carbons (Fsp3) is 0.167. The van der Waals surface area contributed by atoms with Crippen molar-refractivity contribution >= 4 is 22.4 Å². The lowest BCUT2D eigenvalue weighted by Crippen LogP contribution is -2.11. The summed E-state index contributed by atoms with van der Waals surface area (Å²) in [6, 6.07) is 14.5. The van der Waals surface area contributed by atoms with E-state index in [2.05, 4.69) is 15.5 Å². The topological polar surface area (TPSA) is 73.3 Å². The number of amides is 1. The number of anilines is 1. The molecule has 0 aliphatic carbocycles. The van der Waals surface area contributed by atoms with Crippen LogP contribution in [0, 0.1) is 0 Å². The average Bonchev–Trinajstić information content (AvgIpc) is 3.11. The van der Waals surface area contributed by atoms with Crippen LogP contribution >= 0.6 is 11.3 Å². The summed E-state index contributed by atoms with van der Waals surface area (Å²) in [6.45, 7) is 2.56. The van der Waals surface area contributed by atoms with Crippen LogP contribution in [0.2, 0.25) is 0 Å². The Kier molecular flexibility index (Phi) is 5.25. The summed E-state index contributed by atoms with van der Waals surface area (Å²) in [5.74, 6) is 1.18. The highest BCUT2D eigenvalue weighted by molar-refractivity contribution is 7.18.